The summed E-state index contributed by atoms with van der Waals surface area (Å²) in [6.07, 6.45) is 4.76. The van der Waals surface area contributed by atoms with Gasteiger partial charge in [-0.25, -0.2) is 4.98 Å². The first-order valence-electron chi connectivity index (χ1n) is 12.9. The Kier molecular flexibility index (Phi) is 7.71. The fourth-order valence-electron chi connectivity index (χ4n) is 5.04. The van der Waals surface area contributed by atoms with E-state index in [0.29, 0.717) is 12.5 Å². The monoisotopic (exact) mass is 494 g/mol. The van der Waals surface area contributed by atoms with Crippen LogP contribution in [-0.4, -0.2) is 25.7 Å². The number of hydrogen-bond donors (Lipinski definition) is 1. The van der Waals surface area contributed by atoms with Gasteiger partial charge in [-0.3, -0.25) is 0 Å². The predicted molar refractivity (Wildman–Crippen MR) is 147 cm³/mol. The summed E-state index contributed by atoms with van der Waals surface area (Å²) < 4.78 is 17.2. The Balaban J connectivity index is 1.33. The van der Waals surface area contributed by atoms with Crippen LogP contribution < -0.4 is 19.5 Å². The van der Waals surface area contributed by atoms with E-state index in [-0.39, 0.29) is 6.04 Å². The summed E-state index contributed by atoms with van der Waals surface area (Å²) in [6.45, 7) is 3.67. The molecule has 0 bridgehead atoms. The van der Waals surface area contributed by atoms with Crippen LogP contribution in [0.3, 0.4) is 0 Å². The molecule has 0 amide bonds. The van der Waals surface area contributed by atoms with E-state index in [1.54, 1.807) is 20.4 Å². The van der Waals surface area contributed by atoms with Crippen LogP contribution in [0.4, 0.5) is 0 Å². The molecule has 4 aromatic rings. The van der Waals surface area contributed by atoms with E-state index in [4.69, 9.17) is 14.2 Å². The van der Waals surface area contributed by atoms with Crippen molar-refractivity contribution in [3.05, 3.63) is 107 Å². The number of methoxy groups -OCH3 is 2. The van der Waals surface area contributed by atoms with Crippen LogP contribution in [0, 0.1) is 6.92 Å². The van der Waals surface area contributed by atoms with Gasteiger partial charge >= 0.3 is 0 Å². The topological polar surface area (TPSA) is 52.6 Å². The highest BCUT2D eigenvalue weighted by Crippen LogP contribution is 2.37. The van der Waals surface area contributed by atoms with Crippen LogP contribution in [0.5, 0.6) is 17.4 Å². The Hall–Kier alpha value is -3.83. The van der Waals surface area contributed by atoms with Crippen molar-refractivity contribution in [3.8, 4) is 28.5 Å². The second-order valence-corrected chi connectivity index (χ2v) is 9.50. The lowest BCUT2D eigenvalue weighted by molar-refractivity contribution is 0.283. The van der Waals surface area contributed by atoms with Gasteiger partial charge in [0.25, 0.3) is 0 Å². The summed E-state index contributed by atoms with van der Waals surface area (Å²) in [5.74, 6) is 2.22. The summed E-state index contributed by atoms with van der Waals surface area (Å²) in [6, 6.07) is 25.5. The normalized spacial score (nSPS) is 14.6. The standard InChI is InChI=1S/C32H34N2O3/c1-22-9-10-25(26-13-16-34-32(19-26)36-3)17-24(22)11-12-29-28-20-30(35-2)31(18-27(28)14-15-33-29)37-21-23-7-5-4-6-8-23/h4-10,13,16-20,29,33H,11-12,14-15,21H2,1-3H3. The second kappa shape index (κ2) is 11.5. The number of aryl methyl sites for hydroxylation is 2. The highest BCUT2D eigenvalue weighted by molar-refractivity contribution is 5.65. The Morgan fingerprint density at radius 2 is 1.73 bits per heavy atom. The predicted octanol–water partition coefficient (Wildman–Crippen LogP) is 6.47. The average molecular weight is 495 g/mol. The zero-order chi connectivity index (χ0) is 25.6. The molecule has 1 aliphatic heterocycles. The smallest absolute Gasteiger partial charge is 0.213 e. The molecule has 0 fully saturated rings. The third-order valence-corrected chi connectivity index (χ3v) is 7.15. The molecule has 0 saturated carbocycles. The molecule has 1 unspecified atom stereocenters. The molecule has 5 heteroatoms. The summed E-state index contributed by atoms with van der Waals surface area (Å²) in [5.41, 5.74) is 8.75. The van der Waals surface area contributed by atoms with Gasteiger partial charge in [-0.15, -0.1) is 0 Å². The number of hydrogen-bond acceptors (Lipinski definition) is 5. The minimum absolute atomic E-state index is 0.268. The molecule has 5 rings (SSSR count). The third-order valence-electron chi connectivity index (χ3n) is 7.15. The van der Waals surface area contributed by atoms with Crippen LogP contribution in [0.25, 0.3) is 11.1 Å². The highest BCUT2D eigenvalue weighted by Gasteiger charge is 2.23. The van der Waals surface area contributed by atoms with Crippen LogP contribution in [0.1, 0.15) is 40.3 Å². The molecular weight excluding hydrogens is 460 g/mol. The maximum absolute atomic E-state index is 6.17. The summed E-state index contributed by atoms with van der Waals surface area (Å²) in [4.78, 5) is 4.24. The second-order valence-electron chi connectivity index (χ2n) is 9.50. The number of pyridine rings is 1. The van der Waals surface area contributed by atoms with Crippen molar-refractivity contribution in [2.24, 2.45) is 0 Å². The van der Waals surface area contributed by atoms with Crippen molar-refractivity contribution in [2.75, 3.05) is 20.8 Å². The zero-order valence-corrected chi connectivity index (χ0v) is 21.8. The Bertz CT molecular complexity index is 1350. The van der Waals surface area contributed by atoms with E-state index >= 15 is 0 Å². The minimum atomic E-state index is 0.268. The van der Waals surface area contributed by atoms with Gasteiger partial charge < -0.3 is 19.5 Å². The molecular formula is C32H34N2O3. The SMILES string of the molecule is COc1cc(-c2ccc(C)c(CCC3NCCc4cc(OCc5ccccc5)c(OC)cc43)c2)ccn1. The van der Waals surface area contributed by atoms with E-state index in [1.807, 2.05) is 30.3 Å². The first kappa shape index (κ1) is 24.8. The maximum atomic E-state index is 6.17. The highest BCUT2D eigenvalue weighted by atomic mass is 16.5. The van der Waals surface area contributed by atoms with Gasteiger partial charge in [0, 0.05) is 18.3 Å². The number of fused-ring (bicyclic) bond motifs is 1. The van der Waals surface area contributed by atoms with Gasteiger partial charge in [-0.05, 0) is 89.9 Å². The van der Waals surface area contributed by atoms with Gasteiger partial charge in [0.1, 0.15) is 6.61 Å². The van der Waals surface area contributed by atoms with Crippen molar-refractivity contribution in [1.29, 1.82) is 0 Å². The molecule has 5 nitrogen and oxygen atoms in total. The Morgan fingerprint density at radius 1 is 0.892 bits per heavy atom. The number of benzene rings is 3. The third kappa shape index (κ3) is 5.78. The van der Waals surface area contributed by atoms with Crippen LogP contribution in [0.2, 0.25) is 0 Å². The van der Waals surface area contributed by atoms with Crippen LogP contribution in [0.15, 0.2) is 79.0 Å². The summed E-state index contributed by atoms with van der Waals surface area (Å²) in [7, 11) is 3.36. The number of ether oxygens (including phenoxy) is 3. The first-order valence-corrected chi connectivity index (χ1v) is 12.9. The number of nitrogens with one attached hydrogen (secondary N) is 1. The van der Waals surface area contributed by atoms with Crippen molar-refractivity contribution in [3.63, 3.8) is 0 Å². The van der Waals surface area contributed by atoms with Crippen molar-refractivity contribution in [1.82, 2.24) is 10.3 Å². The van der Waals surface area contributed by atoms with Crippen molar-refractivity contribution in [2.45, 2.75) is 38.8 Å². The fourth-order valence-corrected chi connectivity index (χ4v) is 5.04. The molecule has 2 heterocycles. The zero-order valence-electron chi connectivity index (χ0n) is 21.8. The van der Waals surface area contributed by atoms with Crippen molar-refractivity contribution < 1.29 is 14.2 Å². The van der Waals surface area contributed by atoms with Crippen LogP contribution >= 0.6 is 0 Å². The summed E-state index contributed by atoms with van der Waals surface area (Å²) >= 11 is 0. The van der Waals surface area contributed by atoms with Gasteiger partial charge in [-0.1, -0.05) is 48.5 Å². The van der Waals surface area contributed by atoms with Gasteiger partial charge in [0.15, 0.2) is 11.5 Å². The Labute approximate surface area is 219 Å². The van der Waals surface area contributed by atoms with E-state index < -0.39 is 0 Å². The van der Waals surface area contributed by atoms with E-state index in [1.165, 1.54) is 27.8 Å². The molecule has 0 spiro atoms. The molecule has 0 saturated heterocycles. The molecule has 1 aromatic heterocycles. The molecule has 1 N–H and O–H groups in total. The molecule has 190 valence electrons. The molecule has 0 aliphatic carbocycles. The lowest BCUT2D eigenvalue weighted by atomic mass is 9.89. The van der Waals surface area contributed by atoms with Crippen molar-refractivity contribution >= 4 is 0 Å². The minimum Gasteiger partial charge on any atom is -0.493 e. The molecule has 3 aromatic carbocycles. The lowest BCUT2D eigenvalue weighted by Crippen LogP contribution is -2.30. The quantitative estimate of drug-likeness (QED) is 0.289. The Morgan fingerprint density at radius 3 is 2.54 bits per heavy atom. The molecule has 0 radical (unpaired) electrons. The lowest BCUT2D eigenvalue weighted by Gasteiger charge is -2.28. The van der Waals surface area contributed by atoms with E-state index in [0.717, 1.165) is 48.4 Å². The van der Waals surface area contributed by atoms with E-state index in [9.17, 15) is 0 Å². The summed E-state index contributed by atoms with van der Waals surface area (Å²) in [5, 5.41) is 3.73. The maximum Gasteiger partial charge on any atom is 0.213 e. The molecule has 1 atom stereocenters. The average Bonchev–Trinajstić information content (AvgIpc) is 2.95. The number of rotatable bonds is 9. The van der Waals surface area contributed by atoms with Gasteiger partial charge in [0.2, 0.25) is 5.88 Å². The molecule has 37 heavy (non-hydrogen) atoms. The van der Waals surface area contributed by atoms with Gasteiger partial charge in [0.05, 0.1) is 14.2 Å². The van der Waals surface area contributed by atoms with E-state index in [2.05, 4.69) is 59.7 Å². The molecule has 1 aliphatic rings. The first-order chi connectivity index (χ1) is 18.1. The fraction of sp³-hybridized carbons (Fsp3) is 0.281. The van der Waals surface area contributed by atoms with Crippen LogP contribution in [-0.2, 0) is 19.4 Å². The number of nitrogens with zero attached hydrogens (tertiary/aromatic N) is 1. The van der Waals surface area contributed by atoms with Gasteiger partial charge in [-0.2, -0.15) is 0 Å². The number of aromatic nitrogens is 1. The largest absolute Gasteiger partial charge is 0.493 e.